The zero-order valence-corrected chi connectivity index (χ0v) is 12.1. The Bertz CT molecular complexity index is 231. The number of unbranched alkanes of at least 4 members (excludes halogenated alkanes) is 3. The first-order valence-electron chi connectivity index (χ1n) is 7.73. The maximum Gasteiger partial charge on any atom is 0.410 e. The van der Waals surface area contributed by atoms with Crippen molar-refractivity contribution in [1.82, 2.24) is 4.90 Å². The summed E-state index contributed by atoms with van der Waals surface area (Å²) in [5.41, 5.74) is 0. The fourth-order valence-electron chi connectivity index (χ4n) is 2.56. The Kier molecular flexibility index (Phi) is 7.86. The average Bonchev–Trinajstić information content (AvgIpc) is 2.40. The first-order chi connectivity index (χ1) is 8.79. The quantitative estimate of drug-likeness (QED) is 0.633. The van der Waals surface area contributed by atoms with Crippen LogP contribution < -0.4 is 0 Å². The van der Waals surface area contributed by atoms with Crippen molar-refractivity contribution in [2.75, 3.05) is 13.2 Å². The molecule has 1 heterocycles. The number of piperidine rings is 1. The molecule has 1 fully saturated rings. The lowest BCUT2D eigenvalue weighted by atomic mass is 9.97. The molecule has 3 heteroatoms. The number of carbonyl (C=O) groups is 1. The molecule has 18 heavy (non-hydrogen) atoms. The highest BCUT2D eigenvalue weighted by atomic mass is 16.6. The van der Waals surface area contributed by atoms with Crippen LogP contribution in [0, 0.1) is 0 Å². The molecule has 0 aromatic carbocycles. The molecule has 1 saturated heterocycles. The van der Waals surface area contributed by atoms with Gasteiger partial charge in [-0.25, -0.2) is 4.79 Å². The highest BCUT2D eigenvalue weighted by Crippen LogP contribution is 2.22. The fourth-order valence-corrected chi connectivity index (χ4v) is 2.56. The minimum absolute atomic E-state index is 0.0790. The summed E-state index contributed by atoms with van der Waals surface area (Å²) in [6.45, 7) is 5.80. The van der Waals surface area contributed by atoms with Gasteiger partial charge in [0.1, 0.15) is 0 Å². The molecule has 1 atom stereocenters. The van der Waals surface area contributed by atoms with E-state index in [1.807, 2.05) is 4.90 Å². The van der Waals surface area contributed by atoms with Gasteiger partial charge in [0.2, 0.25) is 0 Å². The summed E-state index contributed by atoms with van der Waals surface area (Å²) in [5.74, 6) is 0. The van der Waals surface area contributed by atoms with Crippen molar-refractivity contribution in [2.45, 2.75) is 77.7 Å². The lowest BCUT2D eigenvalue weighted by Gasteiger charge is -2.35. The Morgan fingerprint density at radius 1 is 1.17 bits per heavy atom. The second kappa shape index (κ2) is 9.23. The van der Waals surface area contributed by atoms with Gasteiger partial charge in [0.05, 0.1) is 6.61 Å². The number of hydrogen-bond donors (Lipinski definition) is 0. The van der Waals surface area contributed by atoms with E-state index in [0.717, 1.165) is 38.6 Å². The summed E-state index contributed by atoms with van der Waals surface area (Å²) < 4.78 is 5.35. The molecule has 1 unspecified atom stereocenters. The van der Waals surface area contributed by atoms with Crippen LogP contribution in [0.5, 0.6) is 0 Å². The van der Waals surface area contributed by atoms with Crippen LogP contribution in [0.15, 0.2) is 0 Å². The van der Waals surface area contributed by atoms with E-state index in [2.05, 4.69) is 13.8 Å². The molecule has 106 valence electrons. The van der Waals surface area contributed by atoms with E-state index < -0.39 is 0 Å². The topological polar surface area (TPSA) is 29.5 Å². The van der Waals surface area contributed by atoms with Crippen molar-refractivity contribution in [3.8, 4) is 0 Å². The maximum atomic E-state index is 12.0. The number of ether oxygens (including phenoxy) is 1. The molecule has 0 aromatic rings. The van der Waals surface area contributed by atoms with Gasteiger partial charge in [-0.1, -0.05) is 39.5 Å². The van der Waals surface area contributed by atoms with Crippen LogP contribution in [0.4, 0.5) is 4.79 Å². The van der Waals surface area contributed by atoms with Crippen molar-refractivity contribution in [3.05, 3.63) is 0 Å². The molecule has 1 aliphatic heterocycles. The Balaban J connectivity index is 2.35. The van der Waals surface area contributed by atoms with Gasteiger partial charge in [-0.15, -0.1) is 0 Å². The first kappa shape index (κ1) is 15.3. The van der Waals surface area contributed by atoms with Gasteiger partial charge in [-0.2, -0.15) is 0 Å². The number of likely N-dealkylation sites (tertiary alicyclic amines) is 1. The summed E-state index contributed by atoms with van der Waals surface area (Å²) in [4.78, 5) is 14.0. The standard InChI is InChI=1S/C15H29NO2/c1-3-5-7-10-14-11-8-9-12-16(14)15(17)18-13-6-4-2/h14H,3-13H2,1-2H3. The molecule has 1 rings (SSSR count). The minimum Gasteiger partial charge on any atom is -0.449 e. The van der Waals surface area contributed by atoms with Crippen LogP contribution in [-0.4, -0.2) is 30.2 Å². The van der Waals surface area contributed by atoms with Crippen LogP contribution in [0.1, 0.15) is 71.6 Å². The van der Waals surface area contributed by atoms with Crippen LogP contribution in [0.2, 0.25) is 0 Å². The van der Waals surface area contributed by atoms with Crippen molar-refractivity contribution >= 4 is 6.09 Å². The Hall–Kier alpha value is -0.730. The molecule has 1 amide bonds. The molecule has 1 aliphatic rings. The fraction of sp³-hybridized carbons (Fsp3) is 0.933. The minimum atomic E-state index is -0.0790. The van der Waals surface area contributed by atoms with Crippen molar-refractivity contribution < 1.29 is 9.53 Å². The third-order valence-corrected chi connectivity index (χ3v) is 3.73. The van der Waals surface area contributed by atoms with Crippen LogP contribution in [-0.2, 0) is 4.74 Å². The van der Waals surface area contributed by atoms with E-state index in [1.165, 1.54) is 25.7 Å². The van der Waals surface area contributed by atoms with Gasteiger partial charge in [0.15, 0.2) is 0 Å². The third-order valence-electron chi connectivity index (χ3n) is 3.73. The number of amides is 1. The Morgan fingerprint density at radius 2 is 1.94 bits per heavy atom. The lowest BCUT2D eigenvalue weighted by Crippen LogP contribution is -2.44. The maximum absolute atomic E-state index is 12.0. The van der Waals surface area contributed by atoms with Crippen molar-refractivity contribution in [1.29, 1.82) is 0 Å². The highest BCUT2D eigenvalue weighted by Gasteiger charge is 2.27. The van der Waals surface area contributed by atoms with E-state index >= 15 is 0 Å². The van der Waals surface area contributed by atoms with Crippen LogP contribution in [0.25, 0.3) is 0 Å². The van der Waals surface area contributed by atoms with Gasteiger partial charge >= 0.3 is 6.09 Å². The van der Waals surface area contributed by atoms with E-state index in [-0.39, 0.29) is 6.09 Å². The second-order valence-electron chi connectivity index (χ2n) is 5.31. The Labute approximate surface area is 112 Å². The zero-order valence-electron chi connectivity index (χ0n) is 12.1. The van der Waals surface area contributed by atoms with E-state index in [1.54, 1.807) is 0 Å². The summed E-state index contributed by atoms with van der Waals surface area (Å²) in [6.07, 6.45) is 10.4. The Morgan fingerprint density at radius 3 is 2.67 bits per heavy atom. The summed E-state index contributed by atoms with van der Waals surface area (Å²) >= 11 is 0. The summed E-state index contributed by atoms with van der Waals surface area (Å²) in [5, 5.41) is 0. The van der Waals surface area contributed by atoms with Gasteiger partial charge in [-0.05, 0) is 32.1 Å². The molecule has 0 spiro atoms. The van der Waals surface area contributed by atoms with Gasteiger partial charge in [-0.3, -0.25) is 0 Å². The summed E-state index contributed by atoms with van der Waals surface area (Å²) in [6, 6.07) is 0.430. The van der Waals surface area contributed by atoms with Gasteiger partial charge in [0, 0.05) is 12.6 Å². The number of rotatable bonds is 7. The highest BCUT2D eigenvalue weighted by molar-refractivity contribution is 5.68. The predicted octanol–water partition coefficient (Wildman–Crippen LogP) is 4.36. The molecule has 0 radical (unpaired) electrons. The third kappa shape index (κ3) is 5.28. The number of hydrogen-bond acceptors (Lipinski definition) is 2. The van der Waals surface area contributed by atoms with Gasteiger partial charge in [0.25, 0.3) is 0 Å². The molecule has 0 N–H and O–H groups in total. The van der Waals surface area contributed by atoms with Crippen molar-refractivity contribution in [2.24, 2.45) is 0 Å². The van der Waals surface area contributed by atoms with E-state index in [9.17, 15) is 4.79 Å². The monoisotopic (exact) mass is 255 g/mol. The normalized spacial score (nSPS) is 19.9. The average molecular weight is 255 g/mol. The molecule has 0 saturated carbocycles. The number of carbonyl (C=O) groups excluding carboxylic acids is 1. The molecule has 3 nitrogen and oxygen atoms in total. The second-order valence-corrected chi connectivity index (χ2v) is 5.31. The summed E-state index contributed by atoms with van der Waals surface area (Å²) in [7, 11) is 0. The van der Waals surface area contributed by atoms with Crippen LogP contribution >= 0.6 is 0 Å². The molecule has 0 bridgehead atoms. The van der Waals surface area contributed by atoms with Crippen LogP contribution in [0.3, 0.4) is 0 Å². The van der Waals surface area contributed by atoms with Gasteiger partial charge < -0.3 is 9.64 Å². The molecule has 0 aliphatic carbocycles. The molecular formula is C15H29NO2. The van der Waals surface area contributed by atoms with E-state index in [4.69, 9.17) is 4.74 Å². The molecule has 0 aromatic heterocycles. The molecular weight excluding hydrogens is 226 g/mol. The van der Waals surface area contributed by atoms with E-state index in [0.29, 0.717) is 12.6 Å². The predicted molar refractivity (Wildman–Crippen MR) is 74.7 cm³/mol. The lowest BCUT2D eigenvalue weighted by molar-refractivity contribution is 0.0694. The number of nitrogens with zero attached hydrogens (tertiary/aromatic N) is 1. The SMILES string of the molecule is CCCCCC1CCCCN1C(=O)OCCCC. The zero-order chi connectivity index (χ0) is 13.2. The largest absolute Gasteiger partial charge is 0.449 e. The van der Waals surface area contributed by atoms with Crippen molar-refractivity contribution in [3.63, 3.8) is 0 Å². The first-order valence-corrected chi connectivity index (χ1v) is 7.73. The smallest absolute Gasteiger partial charge is 0.410 e.